The minimum Gasteiger partial charge on any atom is -0.633 e. The van der Waals surface area contributed by atoms with Crippen LogP contribution in [0.1, 0.15) is 6.42 Å². The summed E-state index contributed by atoms with van der Waals surface area (Å²) in [4.78, 5) is 0. The average Bonchev–Trinajstić information content (AvgIpc) is 2.49. The number of halogens is 17. The Hall–Kier alpha value is -1.31. The second kappa shape index (κ2) is 8.13. The van der Waals surface area contributed by atoms with E-state index >= 15 is 0 Å². The molecule has 33 heavy (non-hydrogen) atoms. The maximum absolute atomic E-state index is 13.6. The summed E-state index contributed by atoms with van der Waals surface area (Å²) >= 11 is 0. The Bertz CT molecular complexity index is 694. The average molecular weight is 537 g/mol. The van der Waals surface area contributed by atoms with Crippen LogP contribution in [-0.4, -0.2) is 84.1 Å². The molecule has 0 aliphatic heterocycles. The highest BCUT2D eigenvalue weighted by Crippen LogP contribution is 2.64. The maximum Gasteiger partial charge on any atom is 0.460 e. The molecule has 1 unspecified atom stereocenters. The zero-order valence-electron chi connectivity index (χ0n) is 15.7. The minimum absolute atomic E-state index is 0.561. The largest absolute Gasteiger partial charge is 0.633 e. The van der Waals surface area contributed by atoms with E-state index in [1.165, 1.54) is 0 Å². The van der Waals surface area contributed by atoms with E-state index in [2.05, 4.69) is 0 Å². The molecule has 1 N–H and O–H groups in total. The lowest BCUT2D eigenvalue weighted by Gasteiger charge is -2.43. The van der Waals surface area contributed by atoms with Crippen LogP contribution >= 0.6 is 0 Å². The number of quaternary nitrogens is 1. The highest BCUT2D eigenvalue weighted by atomic mass is 19.4. The molecule has 0 amide bonds. The number of alkyl halides is 17. The third kappa shape index (κ3) is 4.92. The quantitative estimate of drug-likeness (QED) is 0.233. The monoisotopic (exact) mass is 537 g/mol. The molecule has 0 rings (SSSR count). The molecule has 0 heterocycles. The molecule has 0 spiro atoms. The van der Waals surface area contributed by atoms with Crippen molar-refractivity contribution < 1.29 is 84.4 Å². The zero-order chi connectivity index (χ0) is 27.5. The van der Waals surface area contributed by atoms with E-state index in [0.29, 0.717) is 14.1 Å². The molecule has 0 aliphatic rings. The predicted molar refractivity (Wildman–Crippen MR) is 71.7 cm³/mol. The SMILES string of the molecule is C[N+](C)([O-])CC(O)CC(F)(F)C(F)(F)C(F)(F)C(F)(F)C(F)(F)C(F)(F)C(F)(F)C(F)(F)F. The fraction of sp³-hybridized carbons (Fsp3) is 1.00. The first kappa shape index (κ1) is 31.7. The van der Waals surface area contributed by atoms with Gasteiger partial charge >= 0.3 is 47.6 Å². The van der Waals surface area contributed by atoms with Crippen LogP contribution in [0.5, 0.6) is 0 Å². The molecule has 20 heteroatoms. The van der Waals surface area contributed by atoms with Crippen LogP contribution in [0, 0.1) is 5.21 Å². The fourth-order valence-corrected chi connectivity index (χ4v) is 2.19. The van der Waals surface area contributed by atoms with E-state index < -0.39 is 71.3 Å². The van der Waals surface area contributed by atoms with E-state index in [0.717, 1.165) is 0 Å². The van der Waals surface area contributed by atoms with E-state index in [-0.39, 0.29) is 0 Å². The summed E-state index contributed by atoms with van der Waals surface area (Å²) in [6, 6.07) is 0. The summed E-state index contributed by atoms with van der Waals surface area (Å²) in [5.74, 6) is -57.1. The van der Waals surface area contributed by atoms with Crippen molar-refractivity contribution in [3.8, 4) is 0 Å². The van der Waals surface area contributed by atoms with Crippen molar-refractivity contribution in [1.82, 2.24) is 0 Å². The summed E-state index contributed by atoms with van der Waals surface area (Å²) in [6.45, 7) is -1.51. The number of aliphatic hydroxyl groups is 1. The molecule has 0 saturated carbocycles. The van der Waals surface area contributed by atoms with Gasteiger partial charge in [0.05, 0.1) is 14.1 Å². The molecule has 0 bridgehead atoms. The van der Waals surface area contributed by atoms with Crippen LogP contribution in [0.2, 0.25) is 0 Å². The predicted octanol–water partition coefficient (Wildman–Crippen LogP) is 5.32. The van der Waals surface area contributed by atoms with Crippen LogP contribution in [0.15, 0.2) is 0 Å². The van der Waals surface area contributed by atoms with Crippen molar-refractivity contribution in [2.45, 2.75) is 60.2 Å². The highest BCUT2D eigenvalue weighted by molar-refractivity contribution is 5.15. The number of rotatable bonds is 10. The van der Waals surface area contributed by atoms with Gasteiger partial charge in [-0.25, -0.2) is 0 Å². The number of likely N-dealkylation sites (N-methyl/N-ethyl adjacent to an activating group) is 1. The van der Waals surface area contributed by atoms with Crippen molar-refractivity contribution in [2.24, 2.45) is 0 Å². The van der Waals surface area contributed by atoms with Crippen molar-refractivity contribution in [3.05, 3.63) is 5.21 Å². The van der Waals surface area contributed by atoms with Gasteiger partial charge in [0.1, 0.15) is 12.6 Å². The Morgan fingerprint density at radius 2 is 0.848 bits per heavy atom. The Morgan fingerprint density at radius 1 is 0.576 bits per heavy atom. The van der Waals surface area contributed by atoms with Crippen molar-refractivity contribution in [2.75, 3.05) is 20.6 Å². The Kier molecular flexibility index (Phi) is 7.81. The van der Waals surface area contributed by atoms with Crippen molar-refractivity contribution in [1.29, 1.82) is 0 Å². The van der Waals surface area contributed by atoms with Gasteiger partial charge in [0.2, 0.25) is 0 Å². The summed E-state index contributed by atoms with van der Waals surface area (Å²) < 4.78 is 220. The lowest BCUT2D eigenvalue weighted by atomic mass is 9.87. The summed E-state index contributed by atoms with van der Waals surface area (Å²) in [5, 5.41) is 20.2. The van der Waals surface area contributed by atoms with Gasteiger partial charge in [-0.2, -0.15) is 74.6 Å². The van der Waals surface area contributed by atoms with Crippen LogP contribution in [0.4, 0.5) is 74.6 Å². The standard InChI is InChI=1S/C13H12F17NO2/c1-31(2,33)4-5(32)3-6(14,15)7(16,17)8(18,19)9(20,21)10(22,23)11(24,25)12(26,27)13(28,29)30/h5,32H,3-4H2,1-2H3. The van der Waals surface area contributed by atoms with E-state index in [1.807, 2.05) is 0 Å². The number of hydroxylamine groups is 3. The lowest BCUT2D eigenvalue weighted by Crippen LogP contribution is -2.74. The van der Waals surface area contributed by atoms with Gasteiger partial charge in [0.25, 0.3) is 0 Å². The van der Waals surface area contributed by atoms with Gasteiger partial charge in [0.15, 0.2) is 0 Å². The Balaban J connectivity index is 6.53. The molecule has 1 atom stereocenters. The van der Waals surface area contributed by atoms with Crippen molar-refractivity contribution >= 4 is 0 Å². The van der Waals surface area contributed by atoms with Crippen LogP contribution in [0.25, 0.3) is 0 Å². The first-order chi connectivity index (χ1) is 13.9. The second-order valence-corrected chi connectivity index (χ2v) is 7.26. The normalized spacial score (nSPS) is 17.4. The highest BCUT2D eigenvalue weighted by Gasteiger charge is 2.95. The van der Waals surface area contributed by atoms with E-state index in [4.69, 9.17) is 5.11 Å². The van der Waals surface area contributed by atoms with Gasteiger partial charge < -0.3 is 15.0 Å². The van der Waals surface area contributed by atoms with E-state index in [1.54, 1.807) is 0 Å². The Morgan fingerprint density at radius 3 is 1.12 bits per heavy atom. The van der Waals surface area contributed by atoms with Crippen LogP contribution in [-0.2, 0) is 0 Å². The molecule has 0 aromatic carbocycles. The molecule has 0 saturated heterocycles. The number of hydrogen-bond acceptors (Lipinski definition) is 2. The summed E-state index contributed by atoms with van der Waals surface area (Å²) in [7, 11) is 1.12. The molecular weight excluding hydrogens is 525 g/mol. The third-order valence-corrected chi connectivity index (χ3v) is 3.93. The van der Waals surface area contributed by atoms with Crippen LogP contribution < -0.4 is 0 Å². The molecule has 0 aliphatic carbocycles. The molecule has 0 fully saturated rings. The number of aliphatic hydroxyl groups excluding tert-OH is 1. The van der Waals surface area contributed by atoms with Gasteiger partial charge in [-0.05, 0) is 0 Å². The summed E-state index contributed by atoms with van der Waals surface area (Å²) in [5.41, 5.74) is 0. The van der Waals surface area contributed by atoms with Crippen LogP contribution in [0.3, 0.4) is 0 Å². The molecule has 0 aromatic heterocycles. The van der Waals surface area contributed by atoms with Gasteiger partial charge in [-0.1, -0.05) is 0 Å². The first-order valence-corrected chi connectivity index (χ1v) is 7.78. The molecule has 3 nitrogen and oxygen atoms in total. The van der Waals surface area contributed by atoms with Gasteiger partial charge in [-0.3, -0.25) is 0 Å². The third-order valence-electron chi connectivity index (χ3n) is 3.93. The number of nitrogens with zero attached hydrogens (tertiary/aromatic N) is 1. The van der Waals surface area contributed by atoms with Gasteiger partial charge in [-0.15, -0.1) is 0 Å². The lowest BCUT2D eigenvalue weighted by molar-refractivity contribution is -0.843. The summed E-state index contributed by atoms with van der Waals surface area (Å²) in [6.07, 6.45) is -13.9. The molecule has 0 radical (unpaired) electrons. The van der Waals surface area contributed by atoms with Gasteiger partial charge in [0, 0.05) is 6.42 Å². The number of hydrogen-bond donors (Lipinski definition) is 1. The smallest absolute Gasteiger partial charge is 0.460 e. The zero-order valence-corrected chi connectivity index (χ0v) is 15.7. The fourth-order valence-electron chi connectivity index (χ4n) is 2.19. The van der Waals surface area contributed by atoms with E-state index in [9.17, 15) is 79.8 Å². The topological polar surface area (TPSA) is 43.3 Å². The second-order valence-electron chi connectivity index (χ2n) is 7.26. The molecule has 0 aromatic rings. The molecular formula is C13H12F17NO2. The molecule has 200 valence electrons. The maximum atomic E-state index is 13.6. The van der Waals surface area contributed by atoms with Crippen molar-refractivity contribution in [3.63, 3.8) is 0 Å². The first-order valence-electron chi connectivity index (χ1n) is 7.78. The Labute approximate surface area is 171 Å². The minimum atomic E-state index is -8.70.